The molecule has 0 saturated heterocycles. The zero-order valence-corrected chi connectivity index (χ0v) is 8.87. The summed E-state index contributed by atoms with van der Waals surface area (Å²) >= 11 is 0. The van der Waals surface area contributed by atoms with Crippen molar-refractivity contribution in [2.24, 2.45) is 0 Å². The standard InChI is InChI=1S/C11H20N2O/c1-2-6-12-10-11-5-3-7-13(11)8-4-9-14/h3,5,7,12,14H,2,4,6,8-10H2,1H3. The van der Waals surface area contributed by atoms with E-state index in [2.05, 4.69) is 35.1 Å². The molecule has 3 nitrogen and oxygen atoms in total. The Morgan fingerprint density at radius 3 is 3.07 bits per heavy atom. The maximum absolute atomic E-state index is 8.74. The molecule has 0 atom stereocenters. The van der Waals surface area contributed by atoms with E-state index in [1.807, 2.05) is 0 Å². The van der Waals surface area contributed by atoms with Crippen molar-refractivity contribution in [3.8, 4) is 0 Å². The number of rotatable bonds is 7. The summed E-state index contributed by atoms with van der Waals surface area (Å²) in [5, 5.41) is 12.1. The molecule has 80 valence electrons. The third-order valence-corrected chi connectivity index (χ3v) is 2.21. The Hall–Kier alpha value is -0.800. The molecule has 0 spiro atoms. The first-order valence-corrected chi connectivity index (χ1v) is 5.34. The predicted molar refractivity (Wildman–Crippen MR) is 58.1 cm³/mol. The van der Waals surface area contributed by atoms with E-state index >= 15 is 0 Å². The molecule has 0 amide bonds. The highest BCUT2D eigenvalue weighted by Crippen LogP contribution is 2.03. The van der Waals surface area contributed by atoms with Crippen molar-refractivity contribution < 1.29 is 5.11 Å². The van der Waals surface area contributed by atoms with E-state index in [1.165, 1.54) is 5.69 Å². The first-order valence-electron chi connectivity index (χ1n) is 5.34. The second-order valence-corrected chi connectivity index (χ2v) is 3.45. The van der Waals surface area contributed by atoms with Crippen LogP contribution in [0.5, 0.6) is 0 Å². The lowest BCUT2D eigenvalue weighted by atomic mass is 10.3. The van der Waals surface area contributed by atoms with Crippen LogP contribution in [0.15, 0.2) is 18.3 Å². The monoisotopic (exact) mass is 196 g/mol. The van der Waals surface area contributed by atoms with Crippen LogP contribution in [0.2, 0.25) is 0 Å². The van der Waals surface area contributed by atoms with Gasteiger partial charge >= 0.3 is 0 Å². The van der Waals surface area contributed by atoms with Crippen LogP contribution in [0.1, 0.15) is 25.5 Å². The lowest BCUT2D eigenvalue weighted by Gasteiger charge is -2.08. The summed E-state index contributed by atoms with van der Waals surface area (Å²) in [6.07, 6.45) is 4.06. The molecule has 0 bridgehead atoms. The molecule has 1 aromatic rings. The molecule has 0 aromatic carbocycles. The summed E-state index contributed by atoms with van der Waals surface area (Å²) < 4.78 is 2.19. The molecular formula is C11H20N2O. The van der Waals surface area contributed by atoms with Gasteiger partial charge < -0.3 is 15.0 Å². The van der Waals surface area contributed by atoms with E-state index in [0.29, 0.717) is 0 Å². The van der Waals surface area contributed by atoms with Gasteiger partial charge in [-0.2, -0.15) is 0 Å². The first kappa shape index (κ1) is 11.3. The minimum atomic E-state index is 0.264. The summed E-state index contributed by atoms with van der Waals surface area (Å²) in [5.74, 6) is 0. The van der Waals surface area contributed by atoms with Crippen molar-refractivity contribution in [1.82, 2.24) is 9.88 Å². The van der Waals surface area contributed by atoms with Gasteiger partial charge in [-0.05, 0) is 31.5 Å². The minimum Gasteiger partial charge on any atom is -0.396 e. The van der Waals surface area contributed by atoms with Gasteiger partial charge in [-0.25, -0.2) is 0 Å². The largest absolute Gasteiger partial charge is 0.396 e. The lowest BCUT2D eigenvalue weighted by Crippen LogP contribution is -2.16. The van der Waals surface area contributed by atoms with Gasteiger partial charge in [0.2, 0.25) is 0 Å². The average Bonchev–Trinajstić information content (AvgIpc) is 2.63. The van der Waals surface area contributed by atoms with Gasteiger partial charge in [0.25, 0.3) is 0 Å². The molecule has 2 N–H and O–H groups in total. The minimum absolute atomic E-state index is 0.264. The quantitative estimate of drug-likeness (QED) is 0.646. The summed E-state index contributed by atoms with van der Waals surface area (Å²) in [5.41, 5.74) is 1.30. The highest BCUT2D eigenvalue weighted by atomic mass is 16.3. The highest BCUT2D eigenvalue weighted by molar-refractivity contribution is 5.06. The van der Waals surface area contributed by atoms with Crippen LogP contribution in [-0.4, -0.2) is 22.8 Å². The lowest BCUT2D eigenvalue weighted by molar-refractivity contribution is 0.279. The molecule has 0 aliphatic carbocycles. The molecule has 0 aliphatic heterocycles. The third kappa shape index (κ3) is 3.52. The fourth-order valence-electron chi connectivity index (χ4n) is 1.46. The number of aliphatic hydroxyl groups excluding tert-OH is 1. The van der Waals surface area contributed by atoms with Crippen LogP contribution in [0.3, 0.4) is 0 Å². The Bertz CT molecular complexity index is 245. The molecule has 0 unspecified atom stereocenters. The summed E-state index contributed by atoms with van der Waals surface area (Å²) in [7, 11) is 0. The number of nitrogens with zero attached hydrogens (tertiary/aromatic N) is 1. The number of nitrogens with one attached hydrogen (secondary N) is 1. The van der Waals surface area contributed by atoms with E-state index in [0.717, 1.165) is 32.5 Å². The van der Waals surface area contributed by atoms with Gasteiger partial charge in [-0.1, -0.05) is 6.92 Å². The molecule has 0 aliphatic rings. The topological polar surface area (TPSA) is 37.2 Å². The molecule has 0 saturated carbocycles. The van der Waals surface area contributed by atoms with Gasteiger partial charge in [0.15, 0.2) is 0 Å². The van der Waals surface area contributed by atoms with Crippen LogP contribution in [0.4, 0.5) is 0 Å². The Balaban J connectivity index is 2.37. The van der Waals surface area contributed by atoms with Crippen molar-refractivity contribution >= 4 is 0 Å². The third-order valence-electron chi connectivity index (χ3n) is 2.21. The maximum Gasteiger partial charge on any atom is 0.0448 e. The van der Waals surface area contributed by atoms with Crippen molar-refractivity contribution in [3.63, 3.8) is 0 Å². The molecule has 14 heavy (non-hydrogen) atoms. The fraction of sp³-hybridized carbons (Fsp3) is 0.636. The molecule has 1 heterocycles. The average molecular weight is 196 g/mol. The number of hydrogen-bond acceptors (Lipinski definition) is 2. The molecule has 0 fully saturated rings. The highest BCUT2D eigenvalue weighted by Gasteiger charge is 1.98. The SMILES string of the molecule is CCCNCc1cccn1CCCO. The number of hydrogen-bond donors (Lipinski definition) is 2. The number of aromatic nitrogens is 1. The van der Waals surface area contributed by atoms with E-state index in [4.69, 9.17) is 5.11 Å². The van der Waals surface area contributed by atoms with Crippen molar-refractivity contribution in [1.29, 1.82) is 0 Å². The smallest absolute Gasteiger partial charge is 0.0448 e. The summed E-state index contributed by atoms with van der Waals surface area (Å²) in [4.78, 5) is 0. The van der Waals surface area contributed by atoms with Gasteiger partial charge in [0, 0.05) is 31.6 Å². The maximum atomic E-state index is 8.74. The predicted octanol–water partition coefficient (Wildman–Crippen LogP) is 1.37. The number of aliphatic hydroxyl groups is 1. The van der Waals surface area contributed by atoms with Crippen LogP contribution in [-0.2, 0) is 13.1 Å². The molecular weight excluding hydrogens is 176 g/mol. The van der Waals surface area contributed by atoms with Gasteiger partial charge in [-0.15, -0.1) is 0 Å². The zero-order chi connectivity index (χ0) is 10.2. The Morgan fingerprint density at radius 1 is 1.50 bits per heavy atom. The molecule has 1 aromatic heterocycles. The second-order valence-electron chi connectivity index (χ2n) is 3.45. The van der Waals surface area contributed by atoms with E-state index in [9.17, 15) is 0 Å². The second kappa shape index (κ2) is 6.62. The number of aryl methyl sites for hydroxylation is 1. The first-order chi connectivity index (χ1) is 6.88. The molecule has 3 heteroatoms. The summed E-state index contributed by atoms with van der Waals surface area (Å²) in [6.45, 7) is 5.32. The molecule has 1 rings (SSSR count). The van der Waals surface area contributed by atoms with Crippen molar-refractivity contribution in [3.05, 3.63) is 24.0 Å². The van der Waals surface area contributed by atoms with Gasteiger partial charge in [0.1, 0.15) is 0 Å². The summed E-state index contributed by atoms with van der Waals surface area (Å²) in [6, 6.07) is 4.18. The van der Waals surface area contributed by atoms with Crippen LogP contribution >= 0.6 is 0 Å². The zero-order valence-electron chi connectivity index (χ0n) is 8.87. The van der Waals surface area contributed by atoms with Gasteiger partial charge in [-0.3, -0.25) is 0 Å². The Labute approximate surface area is 85.7 Å². The van der Waals surface area contributed by atoms with Crippen LogP contribution < -0.4 is 5.32 Å². The van der Waals surface area contributed by atoms with E-state index in [-0.39, 0.29) is 6.61 Å². The normalized spacial score (nSPS) is 10.7. The van der Waals surface area contributed by atoms with Crippen molar-refractivity contribution in [2.45, 2.75) is 32.9 Å². The van der Waals surface area contributed by atoms with E-state index < -0.39 is 0 Å². The fourth-order valence-corrected chi connectivity index (χ4v) is 1.46. The van der Waals surface area contributed by atoms with Crippen LogP contribution in [0.25, 0.3) is 0 Å². The van der Waals surface area contributed by atoms with Crippen molar-refractivity contribution in [2.75, 3.05) is 13.2 Å². The Morgan fingerprint density at radius 2 is 2.36 bits per heavy atom. The Kier molecular flexibility index (Phi) is 5.33. The molecule has 0 radical (unpaired) electrons. The van der Waals surface area contributed by atoms with E-state index in [1.54, 1.807) is 0 Å². The van der Waals surface area contributed by atoms with Gasteiger partial charge in [0.05, 0.1) is 0 Å². The van der Waals surface area contributed by atoms with Crippen LogP contribution in [0, 0.1) is 0 Å².